The Morgan fingerprint density at radius 2 is 2.00 bits per heavy atom. The summed E-state index contributed by atoms with van der Waals surface area (Å²) in [7, 11) is 1.53. The fraction of sp³-hybridized carbons (Fsp3) is 0.118. The third-order valence-electron chi connectivity index (χ3n) is 2.88. The minimum absolute atomic E-state index is 0.121. The molecular formula is C17H14FNO2. The average Bonchev–Trinajstić information content (AvgIpc) is 2.52. The smallest absolute Gasteiger partial charge is 0.161 e. The highest BCUT2D eigenvalue weighted by atomic mass is 19.1. The molecule has 0 bridgehead atoms. The normalized spacial score (nSPS) is 10.3. The molecule has 0 amide bonds. The first-order valence-electron chi connectivity index (χ1n) is 6.35. The molecule has 2 aromatic rings. The molecule has 3 nitrogen and oxygen atoms in total. The first kappa shape index (κ1) is 14.6. The van der Waals surface area contributed by atoms with Gasteiger partial charge in [-0.1, -0.05) is 24.3 Å². The fourth-order valence-corrected chi connectivity index (χ4v) is 1.81. The maximum Gasteiger partial charge on any atom is 0.161 e. The first-order valence-corrected chi connectivity index (χ1v) is 6.35. The van der Waals surface area contributed by atoms with Crippen molar-refractivity contribution >= 4 is 6.08 Å². The lowest BCUT2D eigenvalue weighted by Gasteiger charge is -2.11. The van der Waals surface area contributed by atoms with Crippen LogP contribution >= 0.6 is 0 Å². The Bertz CT molecular complexity index is 689. The Kier molecular flexibility index (Phi) is 4.94. The van der Waals surface area contributed by atoms with Gasteiger partial charge in [0.1, 0.15) is 12.4 Å². The second-order valence-corrected chi connectivity index (χ2v) is 4.25. The number of methoxy groups -OCH3 is 1. The molecule has 0 saturated carbocycles. The molecule has 0 unspecified atom stereocenters. The van der Waals surface area contributed by atoms with Gasteiger partial charge >= 0.3 is 0 Å². The van der Waals surface area contributed by atoms with Crippen LogP contribution in [0.4, 0.5) is 4.39 Å². The van der Waals surface area contributed by atoms with Crippen molar-refractivity contribution in [2.45, 2.75) is 6.61 Å². The zero-order valence-electron chi connectivity index (χ0n) is 11.5. The molecule has 0 fully saturated rings. The summed E-state index contributed by atoms with van der Waals surface area (Å²) in [5.74, 6) is 0.756. The molecule has 0 aliphatic rings. The molecule has 0 spiro atoms. The lowest BCUT2D eigenvalue weighted by Crippen LogP contribution is -2.00. The van der Waals surface area contributed by atoms with E-state index < -0.39 is 0 Å². The number of nitrogens with zero attached hydrogens (tertiary/aromatic N) is 1. The Labute approximate surface area is 122 Å². The fourth-order valence-electron chi connectivity index (χ4n) is 1.81. The van der Waals surface area contributed by atoms with E-state index in [0.717, 1.165) is 5.56 Å². The van der Waals surface area contributed by atoms with Gasteiger partial charge in [-0.2, -0.15) is 5.26 Å². The van der Waals surface area contributed by atoms with E-state index in [4.69, 9.17) is 14.7 Å². The van der Waals surface area contributed by atoms with Crippen LogP contribution in [0, 0.1) is 17.1 Å². The van der Waals surface area contributed by atoms with Crippen molar-refractivity contribution in [3.05, 3.63) is 65.5 Å². The lowest BCUT2D eigenvalue weighted by molar-refractivity contribution is 0.279. The summed E-state index contributed by atoms with van der Waals surface area (Å²) in [6, 6.07) is 13.7. The standard InChI is InChI=1S/C17H14FNO2/c1-20-17-11-13(5-4-10-19)8-9-16(17)21-12-14-6-2-3-7-15(14)18/h2-9,11H,12H2,1H3. The van der Waals surface area contributed by atoms with Crippen LogP contribution in [0.3, 0.4) is 0 Å². The Balaban J connectivity index is 2.15. The first-order chi connectivity index (χ1) is 10.2. The van der Waals surface area contributed by atoms with E-state index in [1.54, 1.807) is 42.5 Å². The van der Waals surface area contributed by atoms with Gasteiger partial charge in [0.15, 0.2) is 11.5 Å². The second-order valence-electron chi connectivity index (χ2n) is 4.25. The van der Waals surface area contributed by atoms with E-state index in [2.05, 4.69) is 0 Å². The Morgan fingerprint density at radius 1 is 1.19 bits per heavy atom. The molecule has 0 radical (unpaired) electrons. The summed E-state index contributed by atoms with van der Waals surface area (Å²) in [5, 5.41) is 8.52. The van der Waals surface area contributed by atoms with E-state index in [9.17, 15) is 4.39 Å². The molecule has 4 heteroatoms. The Morgan fingerprint density at radius 3 is 2.71 bits per heavy atom. The van der Waals surface area contributed by atoms with Crippen LogP contribution in [0.25, 0.3) is 6.08 Å². The van der Waals surface area contributed by atoms with Crippen molar-refractivity contribution in [1.29, 1.82) is 5.26 Å². The van der Waals surface area contributed by atoms with Crippen molar-refractivity contribution < 1.29 is 13.9 Å². The average molecular weight is 283 g/mol. The maximum atomic E-state index is 13.5. The molecule has 0 heterocycles. The predicted molar refractivity (Wildman–Crippen MR) is 78.4 cm³/mol. The number of rotatable bonds is 5. The van der Waals surface area contributed by atoms with E-state index >= 15 is 0 Å². The Hall–Kier alpha value is -2.80. The van der Waals surface area contributed by atoms with Crippen molar-refractivity contribution in [3.63, 3.8) is 0 Å². The molecule has 0 N–H and O–H groups in total. The van der Waals surface area contributed by atoms with Crippen LogP contribution in [0.1, 0.15) is 11.1 Å². The number of hydrogen-bond acceptors (Lipinski definition) is 3. The monoisotopic (exact) mass is 283 g/mol. The second kappa shape index (κ2) is 7.11. The van der Waals surface area contributed by atoms with Crippen LogP contribution in [-0.4, -0.2) is 7.11 Å². The van der Waals surface area contributed by atoms with Gasteiger partial charge in [0, 0.05) is 11.6 Å². The molecule has 21 heavy (non-hydrogen) atoms. The minimum Gasteiger partial charge on any atom is -0.493 e. The van der Waals surface area contributed by atoms with E-state index in [-0.39, 0.29) is 12.4 Å². The molecule has 0 atom stereocenters. The summed E-state index contributed by atoms with van der Waals surface area (Å²) in [6.07, 6.45) is 3.05. The third-order valence-corrected chi connectivity index (χ3v) is 2.88. The molecular weight excluding hydrogens is 269 g/mol. The highest BCUT2D eigenvalue weighted by molar-refractivity contribution is 5.57. The van der Waals surface area contributed by atoms with Gasteiger partial charge in [0.05, 0.1) is 13.2 Å². The van der Waals surface area contributed by atoms with Crippen LogP contribution < -0.4 is 9.47 Å². The van der Waals surface area contributed by atoms with Crippen molar-refractivity contribution in [2.24, 2.45) is 0 Å². The van der Waals surface area contributed by atoms with Gasteiger partial charge < -0.3 is 9.47 Å². The summed E-state index contributed by atoms with van der Waals surface area (Å²) < 4.78 is 24.4. The third kappa shape index (κ3) is 3.83. The molecule has 0 aromatic heterocycles. The largest absolute Gasteiger partial charge is 0.493 e. The van der Waals surface area contributed by atoms with Crippen molar-refractivity contribution in [1.82, 2.24) is 0 Å². The van der Waals surface area contributed by atoms with Gasteiger partial charge in [-0.15, -0.1) is 0 Å². The highest BCUT2D eigenvalue weighted by Crippen LogP contribution is 2.29. The van der Waals surface area contributed by atoms with Gasteiger partial charge in [0.2, 0.25) is 0 Å². The highest BCUT2D eigenvalue weighted by Gasteiger charge is 2.07. The zero-order valence-corrected chi connectivity index (χ0v) is 11.5. The minimum atomic E-state index is -0.301. The van der Waals surface area contributed by atoms with Crippen molar-refractivity contribution in [3.8, 4) is 17.6 Å². The van der Waals surface area contributed by atoms with E-state index in [1.165, 1.54) is 19.3 Å². The van der Waals surface area contributed by atoms with Gasteiger partial charge in [-0.05, 0) is 29.8 Å². The number of nitriles is 1. The molecule has 0 aliphatic heterocycles. The number of halogens is 1. The summed E-state index contributed by atoms with van der Waals surface area (Å²) in [5.41, 5.74) is 1.31. The number of hydrogen-bond donors (Lipinski definition) is 0. The summed E-state index contributed by atoms with van der Waals surface area (Å²) in [6.45, 7) is 0.121. The summed E-state index contributed by atoms with van der Waals surface area (Å²) in [4.78, 5) is 0. The SMILES string of the molecule is COc1cc(C=CC#N)ccc1OCc1ccccc1F. The van der Waals surface area contributed by atoms with Gasteiger partial charge in [-0.25, -0.2) is 4.39 Å². The van der Waals surface area contributed by atoms with Gasteiger partial charge in [0.25, 0.3) is 0 Å². The van der Waals surface area contributed by atoms with Crippen LogP contribution in [0.2, 0.25) is 0 Å². The van der Waals surface area contributed by atoms with Crippen LogP contribution in [-0.2, 0) is 6.61 Å². The topological polar surface area (TPSA) is 42.2 Å². The number of ether oxygens (including phenoxy) is 2. The molecule has 106 valence electrons. The number of benzene rings is 2. The number of allylic oxidation sites excluding steroid dienone is 1. The molecule has 2 aromatic carbocycles. The molecule has 0 saturated heterocycles. The molecule has 2 rings (SSSR count). The quantitative estimate of drug-likeness (QED) is 0.780. The maximum absolute atomic E-state index is 13.5. The van der Waals surface area contributed by atoms with Crippen LogP contribution in [0.5, 0.6) is 11.5 Å². The predicted octanol–water partition coefficient (Wildman–Crippen LogP) is 3.95. The summed E-state index contributed by atoms with van der Waals surface area (Å²) >= 11 is 0. The van der Waals surface area contributed by atoms with Gasteiger partial charge in [-0.3, -0.25) is 0 Å². The van der Waals surface area contributed by atoms with E-state index in [0.29, 0.717) is 17.1 Å². The van der Waals surface area contributed by atoms with Crippen LogP contribution in [0.15, 0.2) is 48.5 Å². The van der Waals surface area contributed by atoms with E-state index in [1.807, 2.05) is 6.07 Å². The lowest BCUT2D eigenvalue weighted by atomic mass is 10.2. The zero-order chi connectivity index (χ0) is 15.1. The molecule has 0 aliphatic carbocycles. The van der Waals surface area contributed by atoms with Crippen molar-refractivity contribution in [2.75, 3.05) is 7.11 Å².